The SMILES string of the molecule is O=C(COc1ccc(F)c(Cl)c1)N1CCO[C@H](c2nc(-c3ccncc3)no2)C1. The molecule has 1 aliphatic heterocycles. The number of pyridine rings is 1. The highest BCUT2D eigenvalue weighted by Crippen LogP contribution is 2.24. The molecular formula is C19H16ClFN4O4. The van der Waals surface area contributed by atoms with Crippen LogP contribution in [0.5, 0.6) is 5.75 Å². The van der Waals surface area contributed by atoms with Crippen LogP contribution in [-0.2, 0) is 9.53 Å². The highest BCUT2D eigenvalue weighted by Gasteiger charge is 2.29. The Morgan fingerprint density at radius 3 is 2.93 bits per heavy atom. The number of aromatic nitrogens is 3. The third-order valence-corrected chi connectivity index (χ3v) is 4.62. The van der Waals surface area contributed by atoms with Gasteiger partial charge in [0.2, 0.25) is 5.82 Å². The fourth-order valence-corrected chi connectivity index (χ4v) is 2.98. The highest BCUT2D eigenvalue weighted by atomic mass is 35.5. The van der Waals surface area contributed by atoms with Crippen molar-refractivity contribution >= 4 is 17.5 Å². The number of hydrogen-bond acceptors (Lipinski definition) is 7. The molecule has 0 N–H and O–H groups in total. The minimum Gasteiger partial charge on any atom is -0.484 e. The monoisotopic (exact) mass is 418 g/mol. The van der Waals surface area contributed by atoms with Crippen molar-refractivity contribution in [3.05, 3.63) is 59.5 Å². The number of amides is 1. The molecule has 1 amide bonds. The molecule has 1 aliphatic rings. The highest BCUT2D eigenvalue weighted by molar-refractivity contribution is 6.30. The zero-order chi connectivity index (χ0) is 20.2. The lowest BCUT2D eigenvalue weighted by Gasteiger charge is -2.31. The van der Waals surface area contributed by atoms with Crippen LogP contribution in [0.25, 0.3) is 11.4 Å². The minimum absolute atomic E-state index is 0.0669. The van der Waals surface area contributed by atoms with Gasteiger partial charge in [-0.25, -0.2) is 4.39 Å². The molecule has 1 fully saturated rings. The van der Waals surface area contributed by atoms with Crippen LogP contribution in [0.3, 0.4) is 0 Å². The molecule has 1 saturated heterocycles. The number of carbonyl (C=O) groups excluding carboxylic acids is 1. The molecule has 8 nitrogen and oxygen atoms in total. The lowest BCUT2D eigenvalue weighted by Crippen LogP contribution is -2.44. The summed E-state index contributed by atoms with van der Waals surface area (Å²) in [7, 11) is 0. The average Bonchev–Trinajstić information content (AvgIpc) is 3.25. The Morgan fingerprint density at radius 1 is 1.31 bits per heavy atom. The van der Waals surface area contributed by atoms with Crippen LogP contribution in [0.15, 0.2) is 47.2 Å². The van der Waals surface area contributed by atoms with E-state index in [0.29, 0.717) is 30.6 Å². The van der Waals surface area contributed by atoms with E-state index in [1.165, 1.54) is 18.2 Å². The van der Waals surface area contributed by atoms with Crippen LogP contribution in [0.2, 0.25) is 5.02 Å². The molecule has 0 bridgehead atoms. The van der Waals surface area contributed by atoms with E-state index in [0.717, 1.165) is 5.56 Å². The molecule has 0 saturated carbocycles. The molecule has 0 unspecified atom stereocenters. The summed E-state index contributed by atoms with van der Waals surface area (Å²) < 4.78 is 29.6. The molecular weight excluding hydrogens is 403 g/mol. The first kappa shape index (κ1) is 19.3. The van der Waals surface area contributed by atoms with Gasteiger partial charge >= 0.3 is 0 Å². The fraction of sp³-hybridized carbons (Fsp3) is 0.263. The number of halogens is 2. The number of hydrogen-bond donors (Lipinski definition) is 0. The molecule has 29 heavy (non-hydrogen) atoms. The van der Waals surface area contributed by atoms with Crippen molar-refractivity contribution in [3.63, 3.8) is 0 Å². The van der Waals surface area contributed by atoms with Crippen molar-refractivity contribution in [2.24, 2.45) is 0 Å². The van der Waals surface area contributed by atoms with Gasteiger partial charge in [-0.15, -0.1) is 0 Å². The maximum Gasteiger partial charge on any atom is 0.260 e. The van der Waals surface area contributed by atoms with Gasteiger partial charge in [0.15, 0.2) is 12.7 Å². The van der Waals surface area contributed by atoms with Crippen molar-refractivity contribution in [2.75, 3.05) is 26.3 Å². The van der Waals surface area contributed by atoms with Crippen LogP contribution in [0, 0.1) is 5.82 Å². The normalized spacial score (nSPS) is 16.6. The summed E-state index contributed by atoms with van der Waals surface area (Å²) in [4.78, 5) is 22.4. The lowest BCUT2D eigenvalue weighted by atomic mass is 10.2. The standard InChI is InChI=1S/C19H16ClFN4O4/c20-14-9-13(1-2-15(14)21)28-11-17(26)25-7-8-27-16(10-25)19-23-18(24-29-19)12-3-5-22-6-4-12/h1-6,9,16H,7-8,10-11H2/t16-/m0/s1. The van der Waals surface area contributed by atoms with Gasteiger partial charge in [-0.2, -0.15) is 4.98 Å². The first-order valence-corrected chi connectivity index (χ1v) is 9.19. The predicted octanol–water partition coefficient (Wildman–Crippen LogP) is 2.90. The molecule has 2 aromatic heterocycles. The number of ether oxygens (including phenoxy) is 2. The van der Waals surface area contributed by atoms with Crippen LogP contribution >= 0.6 is 11.6 Å². The summed E-state index contributed by atoms with van der Waals surface area (Å²) in [6, 6.07) is 7.46. The second-order valence-electron chi connectivity index (χ2n) is 6.26. The molecule has 3 heterocycles. The van der Waals surface area contributed by atoms with Crippen molar-refractivity contribution in [1.29, 1.82) is 0 Å². The van der Waals surface area contributed by atoms with E-state index in [1.807, 2.05) is 0 Å². The summed E-state index contributed by atoms with van der Waals surface area (Å²) >= 11 is 5.72. The van der Waals surface area contributed by atoms with E-state index in [4.69, 9.17) is 25.6 Å². The first-order chi connectivity index (χ1) is 14.1. The molecule has 0 radical (unpaired) electrons. The maximum atomic E-state index is 13.2. The summed E-state index contributed by atoms with van der Waals surface area (Å²) in [5.41, 5.74) is 0.769. The summed E-state index contributed by atoms with van der Waals surface area (Å²) in [5.74, 6) is 0.236. The van der Waals surface area contributed by atoms with Crippen LogP contribution in [0.4, 0.5) is 4.39 Å². The first-order valence-electron chi connectivity index (χ1n) is 8.81. The number of nitrogens with zero attached hydrogens (tertiary/aromatic N) is 4. The fourth-order valence-electron chi connectivity index (χ4n) is 2.81. The Labute approximate surface area is 170 Å². The molecule has 3 aromatic rings. The number of rotatable bonds is 5. The zero-order valence-electron chi connectivity index (χ0n) is 15.1. The minimum atomic E-state index is -0.549. The van der Waals surface area contributed by atoms with E-state index in [2.05, 4.69) is 15.1 Å². The van der Waals surface area contributed by atoms with E-state index in [1.54, 1.807) is 29.4 Å². The molecule has 150 valence electrons. The molecule has 10 heteroatoms. The second kappa shape index (κ2) is 8.54. The third kappa shape index (κ3) is 4.52. The smallest absolute Gasteiger partial charge is 0.260 e. The van der Waals surface area contributed by atoms with Crippen LogP contribution in [0.1, 0.15) is 12.0 Å². The van der Waals surface area contributed by atoms with Crippen molar-refractivity contribution in [1.82, 2.24) is 20.0 Å². The Bertz CT molecular complexity index is 1000. The molecule has 0 spiro atoms. The summed E-state index contributed by atoms with van der Waals surface area (Å²) in [5, 5.41) is 3.89. The lowest BCUT2D eigenvalue weighted by molar-refractivity contribution is -0.142. The molecule has 4 rings (SSSR count). The number of benzene rings is 1. The largest absolute Gasteiger partial charge is 0.484 e. The Kier molecular flexibility index (Phi) is 5.68. The third-order valence-electron chi connectivity index (χ3n) is 4.33. The Morgan fingerprint density at radius 2 is 2.14 bits per heavy atom. The van der Waals surface area contributed by atoms with E-state index in [9.17, 15) is 9.18 Å². The van der Waals surface area contributed by atoms with Gasteiger partial charge in [-0.3, -0.25) is 9.78 Å². The number of carbonyl (C=O) groups is 1. The molecule has 0 aliphatic carbocycles. The van der Waals surface area contributed by atoms with Crippen molar-refractivity contribution < 1.29 is 23.2 Å². The van der Waals surface area contributed by atoms with Crippen LogP contribution < -0.4 is 4.74 Å². The number of morpholine rings is 1. The van der Waals surface area contributed by atoms with E-state index >= 15 is 0 Å². The quantitative estimate of drug-likeness (QED) is 0.629. The van der Waals surface area contributed by atoms with Gasteiger partial charge in [0.1, 0.15) is 11.6 Å². The van der Waals surface area contributed by atoms with Gasteiger partial charge in [0.05, 0.1) is 18.2 Å². The Hall–Kier alpha value is -3.04. The topological polar surface area (TPSA) is 90.6 Å². The van der Waals surface area contributed by atoms with Crippen molar-refractivity contribution in [2.45, 2.75) is 6.10 Å². The van der Waals surface area contributed by atoms with E-state index in [-0.39, 0.29) is 24.1 Å². The molecule has 1 aromatic carbocycles. The van der Waals surface area contributed by atoms with Gasteiger partial charge in [0, 0.05) is 30.6 Å². The average molecular weight is 419 g/mol. The predicted molar refractivity (Wildman–Crippen MR) is 99.7 cm³/mol. The van der Waals surface area contributed by atoms with Crippen molar-refractivity contribution in [3.8, 4) is 17.1 Å². The van der Waals surface area contributed by atoms with Gasteiger partial charge in [-0.05, 0) is 24.3 Å². The zero-order valence-corrected chi connectivity index (χ0v) is 15.9. The summed E-state index contributed by atoms with van der Waals surface area (Å²) in [6.45, 7) is 0.783. The van der Waals surface area contributed by atoms with Gasteiger partial charge in [0.25, 0.3) is 11.8 Å². The van der Waals surface area contributed by atoms with Gasteiger partial charge < -0.3 is 18.9 Å². The van der Waals surface area contributed by atoms with Crippen LogP contribution in [-0.4, -0.2) is 52.2 Å². The molecule has 1 atom stereocenters. The second-order valence-corrected chi connectivity index (χ2v) is 6.66. The van der Waals surface area contributed by atoms with E-state index < -0.39 is 11.9 Å². The maximum absolute atomic E-state index is 13.2. The Balaban J connectivity index is 1.37. The summed E-state index contributed by atoms with van der Waals surface area (Å²) in [6.07, 6.45) is 2.74. The van der Waals surface area contributed by atoms with Gasteiger partial charge in [-0.1, -0.05) is 16.8 Å².